The molecular formula is C27H26N2O3. The maximum Gasteiger partial charge on any atom is 0.282 e. The molecular weight excluding hydrogens is 400 g/mol. The van der Waals surface area contributed by atoms with Crippen LogP contribution in [0.5, 0.6) is 5.75 Å². The highest BCUT2D eigenvalue weighted by molar-refractivity contribution is 6.46. The van der Waals surface area contributed by atoms with Crippen LogP contribution in [0.2, 0.25) is 0 Å². The first-order chi connectivity index (χ1) is 15.4. The number of nitrogens with zero attached hydrogens (tertiary/aromatic N) is 1. The van der Waals surface area contributed by atoms with Crippen molar-refractivity contribution in [1.29, 1.82) is 0 Å². The largest absolute Gasteiger partial charge is 0.497 e. The molecule has 0 saturated carbocycles. The van der Waals surface area contributed by atoms with Gasteiger partial charge in [-0.3, -0.25) is 9.59 Å². The van der Waals surface area contributed by atoms with Crippen molar-refractivity contribution in [2.75, 3.05) is 17.3 Å². The Morgan fingerprint density at radius 1 is 0.875 bits per heavy atom. The second kappa shape index (κ2) is 8.71. The summed E-state index contributed by atoms with van der Waals surface area (Å²) in [6, 6.07) is 20.6. The quantitative estimate of drug-likeness (QED) is 0.546. The molecule has 32 heavy (non-hydrogen) atoms. The molecule has 0 fully saturated rings. The van der Waals surface area contributed by atoms with Gasteiger partial charge in [-0.25, -0.2) is 4.90 Å². The third-order valence-electron chi connectivity index (χ3n) is 5.71. The van der Waals surface area contributed by atoms with Gasteiger partial charge in [-0.15, -0.1) is 0 Å². The normalized spacial score (nSPS) is 13.7. The molecule has 0 aliphatic carbocycles. The fourth-order valence-corrected chi connectivity index (χ4v) is 3.87. The highest BCUT2D eigenvalue weighted by Crippen LogP contribution is 2.35. The lowest BCUT2D eigenvalue weighted by molar-refractivity contribution is -0.120. The molecule has 3 aromatic rings. The third kappa shape index (κ3) is 3.89. The lowest BCUT2D eigenvalue weighted by atomic mass is 10.0. The van der Waals surface area contributed by atoms with Crippen LogP contribution in [-0.4, -0.2) is 18.9 Å². The molecule has 0 atom stereocenters. The van der Waals surface area contributed by atoms with Crippen molar-refractivity contribution >= 4 is 28.8 Å². The third-order valence-corrected chi connectivity index (χ3v) is 5.71. The fourth-order valence-electron chi connectivity index (χ4n) is 3.87. The van der Waals surface area contributed by atoms with Crippen LogP contribution < -0.4 is 15.0 Å². The van der Waals surface area contributed by atoms with Gasteiger partial charge in [-0.2, -0.15) is 0 Å². The number of rotatable bonds is 6. The monoisotopic (exact) mass is 426 g/mol. The van der Waals surface area contributed by atoms with Gasteiger partial charge >= 0.3 is 0 Å². The van der Waals surface area contributed by atoms with Crippen LogP contribution >= 0.6 is 0 Å². The predicted octanol–water partition coefficient (Wildman–Crippen LogP) is 5.27. The molecule has 1 N–H and O–H groups in total. The summed E-state index contributed by atoms with van der Waals surface area (Å²) in [4.78, 5) is 28.3. The van der Waals surface area contributed by atoms with E-state index in [0.29, 0.717) is 22.6 Å². The van der Waals surface area contributed by atoms with Gasteiger partial charge in [0.1, 0.15) is 11.4 Å². The number of nitrogens with one attached hydrogen (secondary N) is 1. The van der Waals surface area contributed by atoms with Crippen molar-refractivity contribution in [3.05, 3.63) is 94.7 Å². The van der Waals surface area contributed by atoms with E-state index in [4.69, 9.17) is 4.74 Å². The second-order valence-electron chi connectivity index (χ2n) is 7.89. The van der Waals surface area contributed by atoms with E-state index in [-0.39, 0.29) is 17.5 Å². The number of hydrogen-bond acceptors (Lipinski definition) is 4. The lowest BCUT2D eigenvalue weighted by Crippen LogP contribution is -2.32. The predicted molar refractivity (Wildman–Crippen MR) is 128 cm³/mol. The first-order valence-corrected chi connectivity index (χ1v) is 10.6. The summed E-state index contributed by atoms with van der Waals surface area (Å²) in [7, 11) is 1.59. The summed E-state index contributed by atoms with van der Waals surface area (Å²) >= 11 is 0. The average molecular weight is 427 g/mol. The van der Waals surface area contributed by atoms with E-state index >= 15 is 0 Å². The number of imide groups is 1. The maximum atomic E-state index is 13.5. The minimum Gasteiger partial charge on any atom is -0.497 e. The van der Waals surface area contributed by atoms with Crippen LogP contribution in [0.15, 0.2) is 72.4 Å². The van der Waals surface area contributed by atoms with Crippen molar-refractivity contribution in [1.82, 2.24) is 0 Å². The number of ether oxygens (including phenoxy) is 1. The molecule has 3 aromatic carbocycles. The van der Waals surface area contributed by atoms with Crippen LogP contribution in [0.25, 0.3) is 5.57 Å². The van der Waals surface area contributed by atoms with Gasteiger partial charge in [0, 0.05) is 5.69 Å². The van der Waals surface area contributed by atoms with Crippen molar-refractivity contribution < 1.29 is 14.3 Å². The highest BCUT2D eigenvalue weighted by atomic mass is 16.5. The zero-order valence-corrected chi connectivity index (χ0v) is 18.7. The van der Waals surface area contributed by atoms with Crippen LogP contribution in [0.4, 0.5) is 11.4 Å². The van der Waals surface area contributed by atoms with E-state index in [1.807, 2.05) is 56.3 Å². The molecule has 0 saturated heterocycles. The van der Waals surface area contributed by atoms with Gasteiger partial charge in [0.05, 0.1) is 18.4 Å². The Balaban J connectivity index is 1.80. The van der Waals surface area contributed by atoms with Gasteiger partial charge in [0.2, 0.25) is 0 Å². The molecule has 5 heteroatoms. The van der Waals surface area contributed by atoms with Crippen molar-refractivity contribution in [2.45, 2.75) is 27.2 Å². The molecule has 2 amide bonds. The average Bonchev–Trinajstić information content (AvgIpc) is 3.05. The van der Waals surface area contributed by atoms with Gasteiger partial charge in [-0.05, 0) is 67.3 Å². The van der Waals surface area contributed by atoms with Gasteiger partial charge < -0.3 is 10.1 Å². The number of anilines is 2. The Morgan fingerprint density at radius 3 is 2.16 bits per heavy atom. The summed E-state index contributed by atoms with van der Waals surface area (Å²) in [6.07, 6.45) is 0.886. The molecule has 0 bridgehead atoms. The van der Waals surface area contributed by atoms with Crippen molar-refractivity contribution in [3.8, 4) is 5.75 Å². The first kappa shape index (κ1) is 21.4. The maximum absolute atomic E-state index is 13.5. The summed E-state index contributed by atoms with van der Waals surface area (Å²) in [5.41, 5.74) is 5.89. The number of hydrogen-bond donors (Lipinski definition) is 1. The molecule has 1 aliphatic rings. The Morgan fingerprint density at radius 2 is 1.56 bits per heavy atom. The summed E-state index contributed by atoms with van der Waals surface area (Å²) < 4.78 is 5.25. The number of carbonyl (C=O) groups is 2. The summed E-state index contributed by atoms with van der Waals surface area (Å²) in [5.74, 6) is -0.0382. The van der Waals surface area contributed by atoms with Crippen molar-refractivity contribution in [2.24, 2.45) is 0 Å². The van der Waals surface area contributed by atoms with E-state index < -0.39 is 0 Å². The zero-order chi connectivity index (χ0) is 22.8. The zero-order valence-electron chi connectivity index (χ0n) is 18.7. The van der Waals surface area contributed by atoms with Crippen LogP contribution in [-0.2, 0) is 16.0 Å². The standard InChI is InChI=1S/C27H26N2O3/c1-5-19-7-11-21(12-8-19)29-26(30)24(20-9-13-22(32-4)14-10-20)25(27(29)31)28-23-15-6-17(2)16-18(23)3/h6-16,28H,5H2,1-4H3. The molecule has 1 aliphatic heterocycles. The Hall–Kier alpha value is -3.86. The smallest absolute Gasteiger partial charge is 0.282 e. The minimum atomic E-state index is -0.370. The number of amides is 2. The number of aryl methyl sites for hydroxylation is 3. The summed E-state index contributed by atoms with van der Waals surface area (Å²) in [5, 5.41) is 3.25. The first-order valence-electron chi connectivity index (χ1n) is 10.6. The van der Waals surface area contributed by atoms with E-state index in [1.165, 1.54) is 4.90 Å². The second-order valence-corrected chi connectivity index (χ2v) is 7.89. The number of benzene rings is 3. The Bertz CT molecular complexity index is 1210. The van der Waals surface area contributed by atoms with Crippen LogP contribution in [0.3, 0.4) is 0 Å². The molecule has 0 unspecified atom stereocenters. The van der Waals surface area contributed by atoms with Crippen molar-refractivity contribution in [3.63, 3.8) is 0 Å². The fraction of sp³-hybridized carbons (Fsp3) is 0.185. The molecule has 5 nitrogen and oxygen atoms in total. The van der Waals surface area contributed by atoms with E-state index in [2.05, 4.69) is 12.2 Å². The van der Waals surface area contributed by atoms with Crippen LogP contribution in [0, 0.1) is 13.8 Å². The van der Waals surface area contributed by atoms with E-state index in [1.54, 1.807) is 31.4 Å². The van der Waals surface area contributed by atoms with Gasteiger partial charge in [-0.1, -0.05) is 48.9 Å². The SMILES string of the molecule is CCc1ccc(N2C(=O)C(Nc3ccc(C)cc3C)=C(c3ccc(OC)cc3)C2=O)cc1. The summed E-state index contributed by atoms with van der Waals surface area (Å²) in [6.45, 7) is 6.06. The molecule has 4 rings (SSSR count). The minimum absolute atomic E-state index is 0.270. The molecule has 0 aromatic heterocycles. The number of methoxy groups -OCH3 is 1. The Kier molecular flexibility index (Phi) is 5.82. The Labute approximate surface area is 188 Å². The molecule has 1 heterocycles. The van der Waals surface area contributed by atoms with Gasteiger partial charge in [0.15, 0.2) is 0 Å². The molecule has 0 spiro atoms. The van der Waals surface area contributed by atoms with E-state index in [9.17, 15) is 9.59 Å². The highest BCUT2D eigenvalue weighted by Gasteiger charge is 2.40. The lowest BCUT2D eigenvalue weighted by Gasteiger charge is -2.16. The van der Waals surface area contributed by atoms with Gasteiger partial charge in [0.25, 0.3) is 11.8 Å². The van der Waals surface area contributed by atoms with E-state index in [0.717, 1.165) is 28.8 Å². The molecule has 0 radical (unpaired) electrons. The molecule has 162 valence electrons. The number of carbonyl (C=O) groups excluding carboxylic acids is 2. The van der Waals surface area contributed by atoms with Crippen LogP contribution in [0.1, 0.15) is 29.2 Å². The topological polar surface area (TPSA) is 58.6 Å².